The number of ether oxygens (including phenoxy) is 1. The van der Waals surface area contributed by atoms with Gasteiger partial charge in [-0.2, -0.15) is 0 Å². The molecule has 3 heterocycles. The van der Waals surface area contributed by atoms with Gasteiger partial charge in [-0.25, -0.2) is 9.98 Å². The highest BCUT2D eigenvalue weighted by Gasteiger charge is 2.11. The van der Waals surface area contributed by atoms with E-state index in [2.05, 4.69) is 61.7 Å². The van der Waals surface area contributed by atoms with Crippen LogP contribution >= 0.6 is 15.9 Å². The fourth-order valence-corrected chi connectivity index (χ4v) is 3.67. The number of benzene rings is 1. The van der Waals surface area contributed by atoms with Gasteiger partial charge in [0, 0.05) is 36.4 Å². The average Bonchev–Trinajstić information content (AvgIpc) is 3.31. The summed E-state index contributed by atoms with van der Waals surface area (Å²) in [5, 5.41) is 6.72. The molecule has 2 N–H and O–H groups in total. The third-order valence-electron chi connectivity index (χ3n) is 4.67. The predicted molar refractivity (Wildman–Crippen MR) is 115 cm³/mol. The van der Waals surface area contributed by atoms with E-state index in [1.165, 1.54) is 11.1 Å². The third-order valence-corrected chi connectivity index (χ3v) is 5.14. The summed E-state index contributed by atoms with van der Waals surface area (Å²) < 4.78 is 8.61. The summed E-state index contributed by atoms with van der Waals surface area (Å²) in [7, 11) is 0. The molecule has 0 amide bonds. The molecular weight excluding hydrogens is 418 g/mol. The van der Waals surface area contributed by atoms with Crippen LogP contribution in [0.4, 0.5) is 0 Å². The smallest absolute Gasteiger partial charge is 0.191 e. The Labute approximate surface area is 173 Å². The standard InChI is InChI=1S/C21H24BrN5O/c1-2-23-21(24-9-7-15-3-5-19-16(11-15)8-10-28-19)25-12-18-14-27-13-17(22)4-6-20(27)26-18/h3-6,11,13-14H,2,7-10,12H2,1H3,(H2,23,24,25). The van der Waals surface area contributed by atoms with Crippen molar-refractivity contribution in [3.8, 4) is 5.75 Å². The molecule has 0 atom stereocenters. The summed E-state index contributed by atoms with van der Waals surface area (Å²) in [5.41, 5.74) is 4.50. The van der Waals surface area contributed by atoms with Gasteiger partial charge in [-0.15, -0.1) is 0 Å². The van der Waals surface area contributed by atoms with E-state index in [1.807, 2.05) is 28.9 Å². The van der Waals surface area contributed by atoms with E-state index in [0.29, 0.717) is 6.54 Å². The summed E-state index contributed by atoms with van der Waals surface area (Å²) in [5.74, 6) is 1.84. The van der Waals surface area contributed by atoms with E-state index in [4.69, 9.17) is 4.74 Å². The van der Waals surface area contributed by atoms with Crippen LogP contribution in [-0.4, -0.2) is 35.0 Å². The lowest BCUT2D eigenvalue weighted by molar-refractivity contribution is 0.357. The fraction of sp³-hybridized carbons (Fsp3) is 0.333. The molecule has 1 aliphatic heterocycles. The molecule has 0 aliphatic carbocycles. The number of fused-ring (bicyclic) bond motifs is 2. The number of pyridine rings is 1. The van der Waals surface area contributed by atoms with Crippen molar-refractivity contribution in [3.05, 3.63) is 64.0 Å². The number of rotatable bonds is 6. The van der Waals surface area contributed by atoms with Crippen LogP contribution in [-0.2, 0) is 19.4 Å². The Bertz CT molecular complexity index is 998. The lowest BCUT2D eigenvalue weighted by atomic mass is 10.1. The van der Waals surface area contributed by atoms with Crippen molar-refractivity contribution in [2.45, 2.75) is 26.3 Å². The monoisotopic (exact) mass is 441 g/mol. The molecule has 4 rings (SSSR count). The topological polar surface area (TPSA) is 63.0 Å². The van der Waals surface area contributed by atoms with Crippen molar-refractivity contribution in [2.75, 3.05) is 19.7 Å². The molecule has 146 valence electrons. The number of halogens is 1. The summed E-state index contributed by atoms with van der Waals surface area (Å²) in [6, 6.07) is 10.5. The zero-order valence-electron chi connectivity index (χ0n) is 15.9. The minimum absolute atomic E-state index is 0.533. The van der Waals surface area contributed by atoms with Gasteiger partial charge in [-0.05, 0) is 58.6 Å². The first-order valence-electron chi connectivity index (χ1n) is 9.61. The maximum absolute atomic E-state index is 5.58. The molecule has 6 nitrogen and oxygen atoms in total. The van der Waals surface area contributed by atoms with Crippen LogP contribution in [0.25, 0.3) is 5.65 Å². The largest absolute Gasteiger partial charge is 0.493 e. The zero-order valence-corrected chi connectivity index (χ0v) is 17.5. The molecule has 0 radical (unpaired) electrons. The predicted octanol–water partition coefficient (Wildman–Crippen LogP) is 3.33. The van der Waals surface area contributed by atoms with Crippen LogP contribution < -0.4 is 15.4 Å². The molecule has 1 aliphatic rings. The second-order valence-electron chi connectivity index (χ2n) is 6.76. The minimum atomic E-state index is 0.533. The van der Waals surface area contributed by atoms with Gasteiger partial charge in [0.25, 0.3) is 0 Å². The normalized spacial score (nSPS) is 13.4. The van der Waals surface area contributed by atoms with Crippen LogP contribution in [0, 0.1) is 0 Å². The highest BCUT2D eigenvalue weighted by molar-refractivity contribution is 9.10. The Kier molecular flexibility index (Phi) is 5.81. The number of guanidine groups is 1. The minimum Gasteiger partial charge on any atom is -0.493 e. The SMILES string of the molecule is CCNC(=NCc1cn2cc(Br)ccc2n1)NCCc1ccc2c(c1)CCO2. The third kappa shape index (κ3) is 4.47. The Balaban J connectivity index is 1.36. The molecule has 0 saturated carbocycles. The summed E-state index contributed by atoms with van der Waals surface area (Å²) in [6.45, 7) is 5.04. The number of hydrogen-bond donors (Lipinski definition) is 2. The van der Waals surface area contributed by atoms with Crippen molar-refractivity contribution >= 4 is 27.5 Å². The van der Waals surface area contributed by atoms with Crippen LogP contribution in [0.5, 0.6) is 5.75 Å². The highest BCUT2D eigenvalue weighted by Crippen LogP contribution is 2.25. The lowest BCUT2D eigenvalue weighted by Gasteiger charge is -2.11. The van der Waals surface area contributed by atoms with Gasteiger partial charge >= 0.3 is 0 Å². The first kappa shape index (κ1) is 18.8. The van der Waals surface area contributed by atoms with E-state index in [0.717, 1.165) is 60.1 Å². The van der Waals surface area contributed by atoms with Gasteiger partial charge in [0.05, 0.1) is 18.8 Å². The molecular formula is C21H24BrN5O. The van der Waals surface area contributed by atoms with Gasteiger partial charge in [-0.1, -0.05) is 12.1 Å². The molecule has 0 fully saturated rings. The van der Waals surface area contributed by atoms with Crippen molar-refractivity contribution in [3.63, 3.8) is 0 Å². The fourth-order valence-electron chi connectivity index (χ4n) is 3.32. The molecule has 2 aromatic heterocycles. The molecule has 3 aromatic rings. The van der Waals surface area contributed by atoms with Gasteiger partial charge < -0.3 is 19.8 Å². The molecule has 0 spiro atoms. The lowest BCUT2D eigenvalue weighted by Crippen LogP contribution is -2.38. The van der Waals surface area contributed by atoms with E-state index < -0.39 is 0 Å². The van der Waals surface area contributed by atoms with Crippen molar-refractivity contribution in [1.29, 1.82) is 0 Å². The summed E-state index contributed by atoms with van der Waals surface area (Å²) >= 11 is 3.49. The zero-order chi connectivity index (χ0) is 19.3. The number of imidazole rings is 1. The highest BCUT2D eigenvalue weighted by atomic mass is 79.9. The Morgan fingerprint density at radius 1 is 1.25 bits per heavy atom. The van der Waals surface area contributed by atoms with E-state index >= 15 is 0 Å². The maximum Gasteiger partial charge on any atom is 0.191 e. The average molecular weight is 442 g/mol. The van der Waals surface area contributed by atoms with Crippen molar-refractivity contribution in [2.24, 2.45) is 4.99 Å². The molecule has 1 aromatic carbocycles. The Morgan fingerprint density at radius 2 is 2.18 bits per heavy atom. The molecule has 7 heteroatoms. The van der Waals surface area contributed by atoms with Gasteiger partial charge in [0.2, 0.25) is 0 Å². The van der Waals surface area contributed by atoms with Crippen molar-refractivity contribution < 1.29 is 4.74 Å². The number of nitrogens with zero attached hydrogens (tertiary/aromatic N) is 3. The summed E-state index contributed by atoms with van der Waals surface area (Å²) in [6.07, 6.45) is 5.97. The number of nitrogens with one attached hydrogen (secondary N) is 2. The van der Waals surface area contributed by atoms with Gasteiger partial charge in [0.15, 0.2) is 5.96 Å². The van der Waals surface area contributed by atoms with E-state index in [9.17, 15) is 0 Å². The van der Waals surface area contributed by atoms with E-state index in [1.54, 1.807) is 0 Å². The molecule has 28 heavy (non-hydrogen) atoms. The van der Waals surface area contributed by atoms with Gasteiger partial charge in [0.1, 0.15) is 11.4 Å². The Hall–Kier alpha value is -2.54. The first-order chi connectivity index (χ1) is 13.7. The summed E-state index contributed by atoms with van der Waals surface area (Å²) in [4.78, 5) is 9.29. The number of hydrogen-bond acceptors (Lipinski definition) is 3. The second kappa shape index (κ2) is 8.65. The van der Waals surface area contributed by atoms with Crippen LogP contribution in [0.15, 0.2) is 52.2 Å². The maximum atomic E-state index is 5.58. The van der Waals surface area contributed by atoms with E-state index in [-0.39, 0.29) is 0 Å². The molecule has 0 saturated heterocycles. The van der Waals surface area contributed by atoms with Crippen LogP contribution in [0.3, 0.4) is 0 Å². The molecule has 0 bridgehead atoms. The quantitative estimate of drug-likeness (QED) is 0.454. The molecule has 0 unspecified atom stereocenters. The first-order valence-corrected chi connectivity index (χ1v) is 10.4. The van der Waals surface area contributed by atoms with Crippen molar-refractivity contribution in [1.82, 2.24) is 20.0 Å². The van der Waals surface area contributed by atoms with Crippen LogP contribution in [0.1, 0.15) is 23.7 Å². The van der Waals surface area contributed by atoms with Crippen LogP contribution in [0.2, 0.25) is 0 Å². The second-order valence-corrected chi connectivity index (χ2v) is 7.67. The Morgan fingerprint density at radius 3 is 3.07 bits per heavy atom. The number of aromatic nitrogens is 2. The number of aliphatic imine (C=N–C) groups is 1. The van der Waals surface area contributed by atoms with Gasteiger partial charge in [-0.3, -0.25) is 0 Å².